The standard InChI is InChI=1S/C9H12O2/c1-7(2)9(10)4-3-8-5-6-11-8/h7-8H,5-6H2,1-2H3. The molecular formula is C9H12O2. The molecule has 0 amide bonds. The van der Waals surface area contributed by atoms with Crippen LogP contribution in [0.4, 0.5) is 0 Å². The molecule has 1 unspecified atom stereocenters. The van der Waals surface area contributed by atoms with Gasteiger partial charge in [0.05, 0.1) is 6.61 Å². The first-order chi connectivity index (χ1) is 5.20. The molecule has 2 nitrogen and oxygen atoms in total. The lowest BCUT2D eigenvalue weighted by atomic mass is 10.1. The lowest BCUT2D eigenvalue weighted by molar-refractivity contribution is -0.116. The van der Waals surface area contributed by atoms with Crippen LogP contribution in [0.15, 0.2) is 0 Å². The maximum absolute atomic E-state index is 11.0. The van der Waals surface area contributed by atoms with Crippen LogP contribution in [0, 0.1) is 17.8 Å². The molecule has 1 fully saturated rings. The number of hydrogen-bond donors (Lipinski definition) is 0. The van der Waals surface area contributed by atoms with Crippen LogP contribution < -0.4 is 0 Å². The van der Waals surface area contributed by atoms with Gasteiger partial charge in [-0.3, -0.25) is 4.79 Å². The number of rotatable bonds is 1. The molecule has 0 radical (unpaired) electrons. The van der Waals surface area contributed by atoms with E-state index in [4.69, 9.17) is 4.74 Å². The topological polar surface area (TPSA) is 26.3 Å². The molecule has 0 aromatic rings. The molecule has 1 heterocycles. The largest absolute Gasteiger partial charge is 0.365 e. The minimum absolute atomic E-state index is 0.000463. The van der Waals surface area contributed by atoms with E-state index in [2.05, 4.69) is 11.8 Å². The molecule has 0 N–H and O–H groups in total. The van der Waals surface area contributed by atoms with Gasteiger partial charge in [-0.15, -0.1) is 0 Å². The van der Waals surface area contributed by atoms with Gasteiger partial charge in [0.2, 0.25) is 5.78 Å². The monoisotopic (exact) mass is 152 g/mol. The van der Waals surface area contributed by atoms with Gasteiger partial charge in [-0.1, -0.05) is 19.8 Å². The zero-order chi connectivity index (χ0) is 8.27. The molecule has 0 aromatic heterocycles. The van der Waals surface area contributed by atoms with Crippen LogP contribution in [0.2, 0.25) is 0 Å². The summed E-state index contributed by atoms with van der Waals surface area (Å²) < 4.78 is 5.04. The van der Waals surface area contributed by atoms with E-state index in [1.165, 1.54) is 0 Å². The van der Waals surface area contributed by atoms with Crippen LogP contribution in [-0.2, 0) is 9.53 Å². The minimum Gasteiger partial charge on any atom is -0.365 e. The van der Waals surface area contributed by atoms with E-state index in [1.807, 2.05) is 13.8 Å². The molecule has 11 heavy (non-hydrogen) atoms. The molecule has 1 saturated heterocycles. The van der Waals surface area contributed by atoms with E-state index in [0.29, 0.717) is 0 Å². The van der Waals surface area contributed by atoms with Crippen molar-refractivity contribution in [2.24, 2.45) is 5.92 Å². The second-order valence-electron chi connectivity index (χ2n) is 2.94. The van der Waals surface area contributed by atoms with Crippen LogP contribution in [0.25, 0.3) is 0 Å². The van der Waals surface area contributed by atoms with Crippen molar-refractivity contribution < 1.29 is 9.53 Å². The fourth-order valence-corrected chi connectivity index (χ4v) is 0.645. The van der Waals surface area contributed by atoms with Crippen molar-refractivity contribution in [3.63, 3.8) is 0 Å². The van der Waals surface area contributed by atoms with E-state index in [1.54, 1.807) is 0 Å². The minimum atomic E-state index is 0.000463. The Morgan fingerprint density at radius 2 is 2.27 bits per heavy atom. The van der Waals surface area contributed by atoms with Gasteiger partial charge < -0.3 is 4.74 Å². The predicted molar refractivity (Wildman–Crippen MR) is 42.0 cm³/mol. The first kappa shape index (κ1) is 8.29. The van der Waals surface area contributed by atoms with Gasteiger partial charge in [0.25, 0.3) is 0 Å². The number of carbonyl (C=O) groups excluding carboxylic acids is 1. The molecule has 1 rings (SSSR count). The quantitative estimate of drug-likeness (QED) is 0.414. The second-order valence-corrected chi connectivity index (χ2v) is 2.94. The number of ketones is 1. The zero-order valence-electron chi connectivity index (χ0n) is 6.89. The first-order valence-electron chi connectivity index (χ1n) is 3.87. The van der Waals surface area contributed by atoms with Crippen molar-refractivity contribution in [2.45, 2.75) is 26.4 Å². The molecule has 0 saturated carbocycles. The highest BCUT2D eigenvalue weighted by Crippen LogP contribution is 2.08. The van der Waals surface area contributed by atoms with Gasteiger partial charge in [-0.05, 0) is 5.92 Å². The van der Waals surface area contributed by atoms with Crippen molar-refractivity contribution in [3.05, 3.63) is 0 Å². The Bertz CT molecular complexity index is 203. The summed E-state index contributed by atoms with van der Waals surface area (Å²) in [5.74, 6) is 5.37. The third-order valence-corrected chi connectivity index (χ3v) is 1.58. The van der Waals surface area contributed by atoms with Crippen LogP contribution in [0.3, 0.4) is 0 Å². The molecule has 0 aliphatic carbocycles. The molecule has 0 spiro atoms. The van der Waals surface area contributed by atoms with Gasteiger partial charge in [-0.2, -0.15) is 0 Å². The maximum Gasteiger partial charge on any atom is 0.208 e. The van der Waals surface area contributed by atoms with Crippen LogP contribution in [-0.4, -0.2) is 18.5 Å². The van der Waals surface area contributed by atoms with Gasteiger partial charge in [-0.25, -0.2) is 0 Å². The summed E-state index contributed by atoms with van der Waals surface area (Å²) in [7, 11) is 0. The van der Waals surface area contributed by atoms with Crippen LogP contribution in [0.1, 0.15) is 20.3 Å². The van der Waals surface area contributed by atoms with Crippen molar-refractivity contribution in [1.82, 2.24) is 0 Å². The zero-order valence-corrected chi connectivity index (χ0v) is 6.89. The average Bonchev–Trinajstić information content (AvgIpc) is 1.83. The first-order valence-corrected chi connectivity index (χ1v) is 3.87. The summed E-state index contributed by atoms with van der Waals surface area (Å²) >= 11 is 0. The molecule has 60 valence electrons. The Kier molecular flexibility index (Phi) is 2.67. The van der Waals surface area contributed by atoms with Crippen LogP contribution in [0.5, 0.6) is 0 Å². The summed E-state index contributed by atoms with van der Waals surface area (Å²) in [6.45, 7) is 4.48. The lowest BCUT2D eigenvalue weighted by Gasteiger charge is -2.20. The maximum atomic E-state index is 11.0. The Morgan fingerprint density at radius 3 is 2.64 bits per heavy atom. The summed E-state index contributed by atoms with van der Waals surface area (Å²) in [4.78, 5) is 11.0. The second kappa shape index (κ2) is 3.54. The highest BCUT2D eigenvalue weighted by atomic mass is 16.5. The summed E-state index contributed by atoms with van der Waals surface area (Å²) in [6, 6.07) is 0. The van der Waals surface area contributed by atoms with E-state index >= 15 is 0 Å². The number of carbonyl (C=O) groups is 1. The van der Waals surface area contributed by atoms with Crippen molar-refractivity contribution in [2.75, 3.05) is 6.61 Å². The summed E-state index contributed by atoms with van der Waals surface area (Å²) in [6.07, 6.45) is 0.996. The van der Waals surface area contributed by atoms with E-state index in [-0.39, 0.29) is 17.8 Å². The summed E-state index contributed by atoms with van der Waals surface area (Å²) in [5.41, 5.74) is 0. The van der Waals surface area contributed by atoms with Crippen LogP contribution >= 0.6 is 0 Å². The Balaban J connectivity index is 2.36. The van der Waals surface area contributed by atoms with Crippen molar-refractivity contribution in [3.8, 4) is 11.8 Å². The van der Waals surface area contributed by atoms with E-state index in [0.717, 1.165) is 13.0 Å². The molecule has 0 bridgehead atoms. The summed E-state index contributed by atoms with van der Waals surface area (Å²) in [5, 5.41) is 0. The highest BCUT2D eigenvalue weighted by molar-refractivity contribution is 5.96. The van der Waals surface area contributed by atoms with Crippen molar-refractivity contribution in [1.29, 1.82) is 0 Å². The molecule has 0 aromatic carbocycles. The van der Waals surface area contributed by atoms with E-state index in [9.17, 15) is 4.79 Å². The third-order valence-electron chi connectivity index (χ3n) is 1.58. The third kappa shape index (κ3) is 2.36. The molecule has 1 aliphatic rings. The van der Waals surface area contributed by atoms with Gasteiger partial charge in [0, 0.05) is 12.3 Å². The smallest absolute Gasteiger partial charge is 0.208 e. The van der Waals surface area contributed by atoms with Gasteiger partial charge in [0.15, 0.2) is 0 Å². The Hall–Kier alpha value is -0.810. The fraction of sp³-hybridized carbons (Fsp3) is 0.667. The average molecular weight is 152 g/mol. The molecule has 1 aliphatic heterocycles. The van der Waals surface area contributed by atoms with Gasteiger partial charge >= 0.3 is 0 Å². The SMILES string of the molecule is CC(C)C(=O)C#CC1CCO1. The normalized spacial score (nSPS) is 21.9. The Labute approximate surface area is 66.9 Å². The predicted octanol–water partition coefficient (Wildman–Crippen LogP) is 1.00. The molecule has 1 atom stereocenters. The lowest BCUT2D eigenvalue weighted by Crippen LogP contribution is -2.25. The number of hydrogen-bond acceptors (Lipinski definition) is 2. The number of ether oxygens (including phenoxy) is 1. The number of Topliss-reactive ketones (excluding diaryl/α,β-unsaturated/α-hetero) is 1. The van der Waals surface area contributed by atoms with Gasteiger partial charge in [0.1, 0.15) is 6.10 Å². The highest BCUT2D eigenvalue weighted by Gasteiger charge is 2.14. The molecular weight excluding hydrogens is 140 g/mol. The Morgan fingerprint density at radius 1 is 1.64 bits per heavy atom. The van der Waals surface area contributed by atoms with Crippen molar-refractivity contribution >= 4 is 5.78 Å². The van der Waals surface area contributed by atoms with E-state index < -0.39 is 0 Å². The molecule has 2 heteroatoms. The fourth-order valence-electron chi connectivity index (χ4n) is 0.645.